The van der Waals surface area contributed by atoms with Crippen LogP contribution in [0.1, 0.15) is 33.6 Å². The molecule has 142 valence electrons. The van der Waals surface area contributed by atoms with Crippen LogP contribution in [0.3, 0.4) is 0 Å². The van der Waals surface area contributed by atoms with Crippen molar-refractivity contribution in [3.8, 4) is 5.75 Å². The highest BCUT2D eigenvalue weighted by Gasteiger charge is 2.22. The Bertz CT molecular complexity index is 751. The fourth-order valence-corrected chi connectivity index (χ4v) is 3.32. The molecular weight excluding hydrogens is 340 g/mol. The Hall–Kier alpha value is -2.66. The van der Waals surface area contributed by atoms with E-state index in [0.717, 1.165) is 50.5 Å². The maximum atomic E-state index is 12.6. The fourth-order valence-electron chi connectivity index (χ4n) is 3.32. The summed E-state index contributed by atoms with van der Waals surface area (Å²) in [6.45, 7) is 4.03. The molecule has 0 N–H and O–H groups in total. The Kier molecular flexibility index (Phi) is 6.60. The summed E-state index contributed by atoms with van der Waals surface area (Å²) in [6.07, 6.45) is 1.41. The number of benzene rings is 2. The first-order valence-corrected chi connectivity index (χ1v) is 9.41. The number of methoxy groups -OCH3 is 1. The third-order valence-electron chi connectivity index (χ3n) is 4.97. The minimum atomic E-state index is 0.0663. The number of piperazine rings is 1. The van der Waals surface area contributed by atoms with Gasteiger partial charge in [0.15, 0.2) is 5.78 Å². The fraction of sp³-hybridized carbons (Fsp3) is 0.364. The lowest BCUT2D eigenvalue weighted by atomic mass is 10.1. The molecule has 2 aromatic rings. The molecule has 5 heteroatoms. The van der Waals surface area contributed by atoms with Crippen LogP contribution in [-0.2, 0) is 0 Å². The van der Waals surface area contributed by atoms with Crippen LogP contribution in [0.5, 0.6) is 5.75 Å². The molecule has 0 unspecified atom stereocenters. The molecule has 1 heterocycles. The summed E-state index contributed by atoms with van der Waals surface area (Å²) in [7, 11) is 1.61. The van der Waals surface area contributed by atoms with Crippen LogP contribution in [0, 0.1) is 0 Å². The Balaban J connectivity index is 1.40. The van der Waals surface area contributed by atoms with E-state index in [1.165, 1.54) is 0 Å². The molecule has 0 radical (unpaired) electrons. The summed E-state index contributed by atoms with van der Waals surface area (Å²) in [5.74, 6) is 1.02. The van der Waals surface area contributed by atoms with Crippen molar-refractivity contribution in [1.82, 2.24) is 9.80 Å². The molecule has 5 nitrogen and oxygen atoms in total. The summed E-state index contributed by atoms with van der Waals surface area (Å²) >= 11 is 0. The van der Waals surface area contributed by atoms with E-state index in [2.05, 4.69) is 4.90 Å². The van der Waals surface area contributed by atoms with Crippen molar-refractivity contribution < 1.29 is 14.3 Å². The molecule has 0 aromatic heterocycles. The van der Waals surface area contributed by atoms with Gasteiger partial charge in [0, 0.05) is 43.7 Å². The number of ether oxygens (including phenoxy) is 1. The molecule has 27 heavy (non-hydrogen) atoms. The van der Waals surface area contributed by atoms with Gasteiger partial charge in [-0.25, -0.2) is 0 Å². The molecule has 0 spiro atoms. The van der Waals surface area contributed by atoms with Gasteiger partial charge in [-0.15, -0.1) is 0 Å². The van der Waals surface area contributed by atoms with Crippen molar-refractivity contribution in [2.45, 2.75) is 12.8 Å². The molecule has 0 atom stereocenters. The zero-order valence-electron chi connectivity index (χ0n) is 15.8. The molecule has 1 saturated heterocycles. The molecule has 1 aliphatic rings. The second-order valence-electron chi connectivity index (χ2n) is 6.76. The Morgan fingerprint density at radius 3 is 2.19 bits per heavy atom. The van der Waals surface area contributed by atoms with Crippen molar-refractivity contribution in [3.05, 3.63) is 65.7 Å². The molecule has 2 aromatic carbocycles. The Morgan fingerprint density at radius 1 is 0.889 bits per heavy atom. The number of hydrogen-bond donors (Lipinski definition) is 0. The van der Waals surface area contributed by atoms with Crippen LogP contribution in [-0.4, -0.2) is 61.3 Å². The predicted molar refractivity (Wildman–Crippen MR) is 105 cm³/mol. The first-order chi connectivity index (χ1) is 13.2. The quantitative estimate of drug-likeness (QED) is 0.707. The molecule has 0 aliphatic carbocycles. The van der Waals surface area contributed by atoms with Gasteiger partial charge >= 0.3 is 0 Å². The summed E-state index contributed by atoms with van der Waals surface area (Å²) in [6, 6.07) is 16.7. The van der Waals surface area contributed by atoms with Gasteiger partial charge in [-0.1, -0.05) is 30.3 Å². The Morgan fingerprint density at radius 2 is 1.56 bits per heavy atom. The van der Waals surface area contributed by atoms with Crippen LogP contribution in [0.4, 0.5) is 0 Å². The topological polar surface area (TPSA) is 49.9 Å². The highest BCUT2D eigenvalue weighted by atomic mass is 16.5. The van der Waals surface area contributed by atoms with E-state index in [1.807, 2.05) is 59.5 Å². The van der Waals surface area contributed by atoms with Crippen LogP contribution < -0.4 is 4.74 Å². The van der Waals surface area contributed by atoms with Crippen LogP contribution in [0.15, 0.2) is 54.6 Å². The van der Waals surface area contributed by atoms with Gasteiger partial charge in [-0.2, -0.15) is 0 Å². The first-order valence-electron chi connectivity index (χ1n) is 9.41. The average molecular weight is 366 g/mol. The second kappa shape index (κ2) is 9.33. The number of amides is 1. The number of hydrogen-bond acceptors (Lipinski definition) is 4. The van der Waals surface area contributed by atoms with Crippen LogP contribution in [0.25, 0.3) is 0 Å². The molecule has 3 rings (SSSR count). The maximum absolute atomic E-state index is 12.6. The molecular formula is C22H26N2O3. The van der Waals surface area contributed by atoms with E-state index < -0.39 is 0 Å². The highest BCUT2D eigenvalue weighted by Crippen LogP contribution is 2.15. The minimum absolute atomic E-state index is 0.0663. The van der Waals surface area contributed by atoms with Crippen molar-refractivity contribution in [1.29, 1.82) is 0 Å². The summed E-state index contributed by atoms with van der Waals surface area (Å²) in [5, 5.41) is 0. The molecule has 1 amide bonds. The van der Waals surface area contributed by atoms with Gasteiger partial charge < -0.3 is 9.64 Å². The molecule has 0 bridgehead atoms. The van der Waals surface area contributed by atoms with E-state index in [4.69, 9.17) is 4.74 Å². The van der Waals surface area contributed by atoms with E-state index in [9.17, 15) is 9.59 Å². The lowest BCUT2D eigenvalue weighted by Gasteiger charge is -2.34. The van der Waals surface area contributed by atoms with Gasteiger partial charge in [0.25, 0.3) is 5.91 Å². The number of carbonyl (C=O) groups excluding carboxylic acids is 2. The van der Waals surface area contributed by atoms with Gasteiger partial charge in [0.1, 0.15) is 5.75 Å². The predicted octanol–water partition coefficient (Wildman–Crippen LogP) is 3.12. The van der Waals surface area contributed by atoms with E-state index in [-0.39, 0.29) is 11.7 Å². The van der Waals surface area contributed by atoms with Crippen molar-refractivity contribution in [2.24, 2.45) is 0 Å². The van der Waals surface area contributed by atoms with E-state index >= 15 is 0 Å². The molecule has 1 fully saturated rings. The largest absolute Gasteiger partial charge is 0.497 e. The van der Waals surface area contributed by atoms with Crippen LogP contribution >= 0.6 is 0 Å². The van der Waals surface area contributed by atoms with Crippen molar-refractivity contribution >= 4 is 11.7 Å². The number of Topliss-reactive ketones (excluding diaryl/α,β-unsaturated/α-hetero) is 1. The molecule has 0 saturated carbocycles. The first kappa shape index (κ1) is 19.1. The smallest absolute Gasteiger partial charge is 0.253 e. The SMILES string of the molecule is COc1ccc(C(=O)N2CCN(CCCC(=O)c3ccccc3)CC2)cc1. The van der Waals surface area contributed by atoms with Crippen molar-refractivity contribution in [2.75, 3.05) is 39.8 Å². The lowest BCUT2D eigenvalue weighted by molar-refractivity contribution is 0.0635. The summed E-state index contributed by atoms with van der Waals surface area (Å²) in [4.78, 5) is 29.0. The van der Waals surface area contributed by atoms with Crippen molar-refractivity contribution in [3.63, 3.8) is 0 Å². The minimum Gasteiger partial charge on any atom is -0.497 e. The number of nitrogens with zero attached hydrogens (tertiary/aromatic N) is 2. The molecule has 1 aliphatic heterocycles. The van der Waals surface area contributed by atoms with Gasteiger partial charge in [-0.3, -0.25) is 14.5 Å². The third-order valence-corrected chi connectivity index (χ3v) is 4.97. The van der Waals surface area contributed by atoms with Gasteiger partial charge in [0.2, 0.25) is 0 Å². The normalized spacial score (nSPS) is 14.8. The zero-order valence-corrected chi connectivity index (χ0v) is 15.8. The summed E-state index contributed by atoms with van der Waals surface area (Å²) in [5.41, 5.74) is 1.48. The van der Waals surface area contributed by atoms with E-state index in [1.54, 1.807) is 7.11 Å². The monoisotopic (exact) mass is 366 g/mol. The third kappa shape index (κ3) is 5.17. The average Bonchev–Trinajstić information content (AvgIpc) is 2.74. The zero-order chi connectivity index (χ0) is 19.1. The van der Waals surface area contributed by atoms with Gasteiger partial charge in [0.05, 0.1) is 7.11 Å². The van der Waals surface area contributed by atoms with E-state index in [0.29, 0.717) is 12.0 Å². The second-order valence-corrected chi connectivity index (χ2v) is 6.76. The Labute approximate surface area is 160 Å². The standard InChI is InChI=1S/C22H26N2O3/c1-27-20-11-9-19(10-12-20)22(26)24-16-14-23(15-17-24)13-5-8-21(25)18-6-3-2-4-7-18/h2-4,6-7,9-12H,5,8,13-17H2,1H3. The summed E-state index contributed by atoms with van der Waals surface area (Å²) < 4.78 is 5.14. The number of ketones is 1. The lowest BCUT2D eigenvalue weighted by Crippen LogP contribution is -2.48. The number of rotatable bonds is 7. The van der Waals surface area contributed by atoms with Crippen LogP contribution in [0.2, 0.25) is 0 Å². The highest BCUT2D eigenvalue weighted by molar-refractivity contribution is 5.96. The number of carbonyl (C=O) groups is 2. The van der Waals surface area contributed by atoms with Gasteiger partial charge in [-0.05, 0) is 37.2 Å². The maximum Gasteiger partial charge on any atom is 0.253 e.